The van der Waals surface area contributed by atoms with E-state index in [1.165, 1.54) is 0 Å². The predicted octanol–water partition coefficient (Wildman–Crippen LogP) is 3.84. The lowest BCUT2D eigenvalue weighted by molar-refractivity contribution is 0.414. The van der Waals surface area contributed by atoms with Crippen molar-refractivity contribution in [1.29, 1.82) is 0 Å². The summed E-state index contributed by atoms with van der Waals surface area (Å²) >= 11 is 11.5. The summed E-state index contributed by atoms with van der Waals surface area (Å²) in [5, 5.41) is 0.683. The highest BCUT2D eigenvalue weighted by Crippen LogP contribution is 2.31. The van der Waals surface area contributed by atoms with Crippen LogP contribution in [0, 0.1) is 6.92 Å². The van der Waals surface area contributed by atoms with E-state index in [2.05, 4.69) is 19.9 Å². The minimum atomic E-state index is -0.0392. The van der Waals surface area contributed by atoms with Gasteiger partial charge in [-0.2, -0.15) is 15.0 Å². The molecule has 0 saturated carbocycles. The number of rotatable bonds is 3. The topological polar surface area (TPSA) is 70.0 Å². The third-order valence-electron chi connectivity index (χ3n) is 2.87. The number of halogens is 2. The third-order valence-corrected chi connectivity index (χ3v) is 3.21. The van der Waals surface area contributed by atoms with Gasteiger partial charge in [-0.15, -0.1) is 0 Å². The minimum absolute atomic E-state index is 0.0136. The normalized spacial score (nSPS) is 10.7. The molecule has 0 spiro atoms. The Kier molecular flexibility index (Phi) is 3.96. The highest BCUT2D eigenvalue weighted by molar-refractivity contribution is 6.31. The zero-order chi connectivity index (χ0) is 15.7. The Morgan fingerprint density at radius 2 is 1.68 bits per heavy atom. The molecule has 0 aliphatic rings. The Morgan fingerprint density at radius 1 is 0.955 bits per heavy atom. The maximum Gasteiger partial charge on any atom is 0.327 e. The van der Waals surface area contributed by atoms with Crippen LogP contribution in [-0.4, -0.2) is 27.0 Å². The molecule has 112 valence electrons. The molecule has 0 aliphatic carbocycles. The zero-order valence-electron chi connectivity index (χ0n) is 11.7. The first kappa shape index (κ1) is 14.7. The Hall–Kier alpha value is -2.18. The maximum atomic E-state index is 5.75. The molecule has 0 fully saturated rings. The van der Waals surface area contributed by atoms with Crippen LogP contribution in [0.15, 0.2) is 24.3 Å². The number of ether oxygens (including phenoxy) is 2. The van der Waals surface area contributed by atoms with Gasteiger partial charge >= 0.3 is 6.01 Å². The number of hydrogen-bond acceptors (Lipinski definition) is 6. The summed E-state index contributed by atoms with van der Waals surface area (Å²) in [6.07, 6.45) is 0. The molecule has 0 bridgehead atoms. The lowest BCUT2D eigenvalue weighted by Crippen LogP contribution is -1.97. The molecule has 0 atom stereocenters. The van der Waals surface area contributed by atoms with Crippen molar-refractivity contribution in [2.24, 2.45) is 0 Å². The molecule has 2 heterocycles. The smallest absolute Gasteiger partial charge is 0.327 e. The van der Waals surface area contributed by atoms with Gasteiger partial charge in [0.15, 0.2) is 0 Å². The molecule has 0 saturated heterocycles. The number of pyridine rings is 1. The second kappa shape index (κ2) is 5.90. The monoisotopic (exact) mass is 336 g/mol. The van der Waals surface area contributed by atoms with Crippen LogP contribution >= 0.6 is 23.2 Å². The largest absolute Gasteiger partial charge is 0.497 e. The SMILES string of the molecule is COc1ccc2nc(C)cc(Oc3nc(Cl)nc(Cl)n3)c2c1. The van der Waals surface area contributed by atoms with Gasteiger partial charge < -0.3 is 9.47 Å². The number of hydrogen-bond donors (Lipinski definition) is 0. The van der Waals surface area contributed by atoms with Crippen LogP contribution in [0.1, 0.15) is 5.69 Å². The van der Waals surface area contributed by atoms with E-state index in [9.17, 15) is 0 Å². The van der Waals surface area contributed by atoms with Gasteiger partial charge in [0.2, 0.25) is 10.6 Å². The fourth-order valence-corrected chi connectivity index (χ4v) is 2.31. The predicted molar refractivity (Wildman–Crippen MR) is 83.0 cm³/mol. The lowest BCUT2D eigenvalue weighted by Gasteiger charge is -2.10. The van der Waals surface area contributed by atoms with Crippen molar-refractivity contribution in [2.75, 3.05) is 7.11 Å². The molecule has 0 N–H and O–H groups in total. The molecule has 0 aliphatic heterocycles. The molecular formula is C14H10Cl2N4O2. The van der Waals surface area contributed by atoms with E-state index in [1.807, 2.05) is 25.1 Å². The molecule has 0 radical (unpaired) electrons. The zero-order valence-corrected chi connectivity index (χ0v) is 13.2. The van der Waals surface area contributed by atoms with E-state index >= 15 is 0 Å². The molecule has 0 amide bonds. The Balaban J connectivity index is 2.12. The van der Waals surface area contributed by atoms with Crippen molar-refractivity contribution in [3.63, 3.8) is 0 Å². The van der Waals surface area contributed by atoms with Crippen LogP contribution in [0.4, 0.5) is 0 Å². The van der Waals surface area contributed by atoms with E-state index in [1.54, 1.807) is 13.2 Å². The second-order valence-electron chi connectivity index (χ2n) is 4.40. The Morgan fingerprint density at radius 3 is 2.36 bits per heavy atom. The summed E-state index contributed by atoms with van der Waals surface area (Å²) in [6, 6.07) is 7.28. The minimum Gasteiger partial charge on any atom is -0.497 e. The number of aromatic nitrogens is 4. The standard InChI is InChI=1S/C14H10Cl2N4O2/c1-7-5-11(22-14-19-12(15)18-13(16)20-14)9-6-8(21-2)3-4-10(9)17-7/h3-6H,1-2H3. The molecule has 22 heavy (non-hydrogen) atoms. The third kappa shape index (κ3) is 3.03. The van der Waals surface area contributed by atoms with Gasteiger partial charge in [-0.05, 0) is 48.3 Å². The van der Waals surface area contributed by atoms with Gasteiger partial charge in [-0.1, -0.05) is 0 Å². The molecular weight excluding hydrogens is 327 g/mol. The first-order chi connectivity index (χ1) is 10.5. The van der Waals surface area contributed by atoms with Crippen molar-refractivity contribution < 1.29 is 9.47 Å². The first-order valence-electron chi connectivity index (χ1n) is 6.25. The molecule has 3 rings (SSSR count). The molecule has 6 nitrogen and oxygen atoms in total. The van der Waals surface area contributed by atoms with E-state index in [4.69, 9.17) is 32.7 Å². The summed E-state index contributed by atoms with van der Waals surface area (Å²) in [4.78, 5) is 15.9. The molecule has 0 unspecified atom stereocenters. The number of methoxy groups -OCH3 is 1. The van der Waals surface area contributed by atoms with Crippen molar-refractivity contribution in [3.8, 4) is 17.5 Å². The van der Waals surface area contributed by atoms with Crippen LogP contribution in [0.5, 0.6) is 17.5 Å². The van der Waals surface area contributed by atoms with Gasteiger partial charge in [0.05, 0.1) is 12.6 Å². The molecule has 1 aromatic carbocycles. The van der Waals surface area contributed by atoms with Crippen LogP contribution < -0.4 is 9.47 Å². The Labute approximate surface area is 136 Å². The van der Waals surface area contributed by atoms with Gasteiger partial charge in [-0.25, -0.2) is 0 Å². The second-order valence-corrected chi connectivity index (χ2v) is 5.08. The molecule has 2 aromatic heterocycles. The van der Waals surface area contributed by atoms with E-state index in [0.29, 0.717) is 11.5 Å². The highest BCUT2D eigenvalue weighted by Gasteiger charge is 2.11. The fourth-order valence-electron chi connectivity index (χ4n) is 1.96. The van der Waals surface area contributed by atoms with E-state index in [-0.39, 0.29) is 16.6 Å². The number of aryl methyl sites for hydroxylation is 1. The lowest BCUT2D eigenvalue weighted by atomic mass is 10.1. The Bertz CT molecular complexity index is 837. The van der Waals surface area contributed by atoms with Crippen LogP contribution in [0.25, 0.3) is 10.9 Å². The number of fused-ring (bicyclic) bond motifs is 1. The van der Waals surface area contributed by atoms with E-state index in [0.717, 1.165) is 16.6 Å². The van der Waals surface area contributed by atoms with Gasteiger partial charge in [0.1, 0.15) is 11.5 Å². The van der Waals surface area contributed by atoms with Gasteiger partial charge in [0, 0.05) is 17.1 Å². The average molecular weight is 337 g/mol. The van der Waals surface area contributed by atoms with Crippen molar-refractivity contribution in [2.45, 2.75) is 6.92 Å². The van der Waals surface area contributed by atoms with Gasteiger partial charge in [-0.3, -0.25) is 4.98 Å². The van der Waals surface area contributed by atoms with Crippen molar-refractivity contribution in [1.82, 2.24) is 19.9 Å². The fraction of sp³-hybridized carbons (Fsp3) is 0.143. The first-order valence-corrected chi connectivity index (χ1v) is 7.01. The molecule has 3 aromatic rings. The van der Waals surface area contributed by atoms with Crippen LogP contribution in [0.3, 0.4) is 0 Å². The molecule has 8 heteroatoms. The quantitative estimate of drug-likeness (QED) is 0.723. The van der Waals surface area contributed by atoms with Crippen LogP contribution in [-0.2, 0) is 0 Å². The summed E-state index contributed by atoms with van der Waals surface area (Å²) < 4.78 is 10.9. The number of benzene rings is 1. The maximum absolute atomic E-state index is 5.75. The van der Waals surface area contributed by atoms with Crippen molar-refractivity contribution in [3.05, 3.63) is 40.5 Å². The van der Waals surface area contributed by atoms with Gasteiger partial charge in [0.25, 0.3) is 0 Å². The van der Waals surface area contributed by atoms with E-state index < -0.39 is 0 Å². The van der Waals surface area contributed by atoms with Crippen LogP contribution in [0.2, 0.25) is 10.6 Å². The number of nitrogens with zero attached hydrogens (tertiary/aromatic N) is 4. The summed E-state index contributed by atoms with van der Waals surface area (Å²) in [6.45, 7) is 1.86. The van der Waals surface area contributed by atoms with Crippen molar-refractivity contribution >= 4 is 34.1 Å². The average Bonchev–Trinajstić information content (AvgIpc) is 2.45. The summed E-state index contributed by atoms with van der Waals surface area (Å²) in [7, 11) is 1.59. The summed E-state index contributed by atoms with van der Waals surface area (Å²) in [5.41, 5.74) is 1.56. The summed E-state index contributed by atoms with van der Waals surface area (Å²) in [5.74, 6) is 1.22. The highest BCUT2D eigenvalue weighted by atomic mass is 35.5.